The molecule has 0 atom stereocenters. The van der Waals surface area contributed by atoms with Crippen LogP contribution in [0.1, 0.15) is 24.6 Å². The number of carbonyl (C=O) groups excluding carboxylic acids is 1. The highest BCUT2D eigenvalue weighted by Crippen LogP contribution is 2.30. The molecule has 3 aromatic carbocycles. The second-order valence-electron chi connectivity index (χ2n) is 8.96. The Labute approximate surface area is 306 Å². The average Bonchev–Trinajstić information content (AvgIpc) is 3.86. The van der Waals surface area contributed by atoms with Gasteiger partial charge >= 0.3 is 5.97 Å². The number of alkyl halides is 1. The molecule has 250 valence electrons. The van der Waals surface area contributed by atoms with E-state index in [-0.39, 0.29) is 36.8 Å². The molecule has 3 aromatic heterocycles. The monoisotopic (exact) mass is 792 g/mol. The van der Waals surface area contributed by atoms with E-state index in [1.165, 1.54) is 6.92 Å². The van der Waals surface area contributed by atoms with Crippen molar-refractivity contribution in [3.05, 3.63) is 102 Å². The first-order valence-electron chi connectivity index (χ1n) is 13.1. The lowest BCUT2D eigenvalue weighted by atomic mass is 10.2. The maximum Gasteiger partial charge on any atom is 0.303 e. The highest BCUT2D eigenvalue weighted by atomic mass is 35.5. The van der Waals surface area contributed by atoms with Gasteiger partial charge in [0, 0.05) is 23.6 Å². The molecule has 0 fully saturated rings. The molecule has 12 nitrogen and oxygen atoms in total. The molecule has 0 saturated carbocycles. The summed E-state index contributed by atoms with van der Waals surface area (Å²) >= 11 is 40.5. The molecule has 48 heavy (non-hydrogen) atoms. The van der Waals surface area contributed by atoms with Gasteiger partial charge in [0.2, 0.25) is 29.5 Å². The first-order chi connectivity index (χ1) is 23.0. The molecule has 6 rings (SSSR count). The Morgan fingerprint density at radius 2 is 0.979 bits per heavy atom. The van der Waals surface area contributed by atoms with E-state index in [1.54, 1.807) is 54.6 Å². The molecule has 0 spiro atoms. The Balaban J connectivity index is 0.000000164. The summed E-state index contributed by atoms with van der Waals surface area (Å²) in [6.07, 6.45) is 0. The van der Waals surface area contributed by atoms with Gasteiger partial charge in [0.25, 0.3) is 5.89 Å². The van der Waals surface area contributed by atoms with Gasteiger partial charge in [-0.2, -0.15) is 0 Å². The smallest absolute Gasteiger partial charge is 0.303 e. The normalized spacial score (nSPS) is 10.5. The predicted molar refractivity (Wildman–Crippen MR) is 180 cm³/mol. The summed E-state index contributed by atoms with van der Waals surface area (Å²) in [4.78, 5) is 10.6. The van der Waals surface area contributed by atoms with Crippen LogP contribution in [-0.4, -0.2) is 41.7 Å². The first-order valence-corrected chi connectivity index (χ1v) is 15.9. The Morgan fingerprint density at radius 3 is 1.31 bits per heavy atom. The zero-order valence-corrected chi connectivity index (χ0v) is 29.4. The van der Waals surface area contributed by atoms with Crippen LogP contribution in [0, 0.1) is 0 Å². The maximum atomic E-state index is 10.6. The van der Waals surface area contributed by atoms with E-state index in [0.717, 1.165) is 0 Å². The molecule has 0 saturated heterocycles. The average molecular weight is 796 g/mol. The fourth-order valence-electron chi connectivity index (χ4n) is 3.34. The van der Waals surface area contributed by atoms with Crippen molar-refractivity contribution in [1.82, 2.24) is 30.6 Å². The summed E-state index contributed by atoms with van der Waals surface area (Å²) in [5.41, 5.74) is 2.02. The van der Waals surface area contributed by atoms with Crippen molar-refractivity contribution in [2.24, 2.45) is 0 Å². The molecule has 0 aliphatic heterocycles. The van der Waals surface area contributed by atoms with Gasteiger partial charge in [-0.1, -0.05) is 69.6 Å². The molecule has 3 heterocycles. The number of rotatable bonds is 7. The van der Waals surface area contributed by atoms with E-state index >= 15 is 0 Å². The predicted octanol–water partition coefficient (Wildman–Crippen LogP) is 9.42. The molecule has 0 aliphatic carbocycles. The second-order valence-corrected chi connectivity index (χ2v) is 11.7. The lowest BCUT2D eigenvalue weighted by molar-refractivity contribution is -0.142. The van der Waals surface area contributed by atoms with Gasteiger partial charge in [-0.3, -0.25) is 4.79 Å². The lowest BCUT2D eigenvalue weighted by Crippen LogP contribution is -1.98. The molecular weight excluding hydrogens is 777 g/mol. The third-order valence-corrected chi connectivity index (χ3v) is 7.99. The number of esters is 1. The number of ether oxygens (including phenoxy) is 1. The van der Waals surface area contributed by atoms with Gasteiger partial charge in [0.05, 0.1) is 30.1 Å². The summed E-state index contributed by atoms with van der Waals surface area (Å²) in [5.74, 6) is 1.50. The van der Waals surface area contributed by atoms with Gasteiger partial charge in [-0.15, -0.1) is 42.2 Å². The number of carbonyl (C=O) groups is 1. The second kappa shape index (κ2) is 17.8. The number of aliphatic hydroxyl groups is 1. The van der Waals surface area contributed by atoms with Crippen molar-refractivity contribution in [3.63, 3.8) is 0 Å². The highest BCUT2D eigenvalue weighted by molar-refractivity contribution is 6.43. The SMILES string of the molecule is CC(=O)OCc1nnc(-c2ccc(Cl)c(Cl)c2)o1.ClCc1nnc(-c2ccc(Cl)c(Cl)c2)o1.OCc1nnc(-c2ccc(Cl)c(Cl)c2)o1. The van der Waals surface area contributed by atoms with Crippen molar-refractivity contribution in [2.45, 2.75) is 26.0 Å². The van der Waals surface area contributed by atoms with Crippen LogP contribution in [-0.2, 0) is 28.6 Å². The zero-order valence-electron chi connectivity index (χ0n) is 24.1. The van der Waals surface area contributed by atoms with Gasteiger partial charge in [-0.25, -0.2) is 0 Å². The minimum atomic E-state index is -0.413. The van der Waals surface area contributed by atoms with Crippen molar-refractivity contribution in [2.75, 3.05) is 0 Å². The molecule has 6 aromatic rings. The van der Waals surface area contributed by atoms with E-state index in [0.29, 0.717) is 64.5 Å². The maximum absolute atomic E-state index is 10.6. The van der Waals surface area contributed by atoms with Crippen molar-refractivity contribution < 1.29 is 27.9 Å². The van der Waals surface area contributed by atoms with Crippen LogP contribution < -0.4 is 0 Å². The topological polar surface area (TPSA) is 163 Å². The van der Waals surface area contributed by atoms with Crippen molar-refractivity contribution in [3.8, 4) is 34.4 Å². The van der Waals surface area contributed by atoms with E-state index < -0.39 is 5.97 Å². The molecule has 0 unspecified atom stereocenters. The van der Waals surface area contributed by atoms with Crippen molar-refractivity contribution in [1.29, 1.82) is 0 Å². The summed E-state index contributed by atoms with van der Waals surface area (Å²) in [6, 6.07) is 15.0. The Morgan fingerprint density at radius 1 is 0.604 bits per heavy atom. The molecular formula is C29H19Cl7N6O6. The van der Waals surface area contributed by atoms with Crippen LogP contribution in [0.2, 0.25) is 30.1 Å². The number of hydrogen-bond donors (Lipinski definition) is 1. The lowest BCUT2D eigenvalue weighted by Gasteiger charge is -1.98. The van der Waals surface area contributed by atoms with Gasteiger partial charge in [0.15, 0.2) is 6.61 Å². The summed E-state index contributed by atoms with van der Waals surface area (Å²) in [5, 5.41) is 33.9. The van der Waals surface area contributed by atoms with Crippen LogP contribution in [0.4, 0.5) is 0 Å². The number of hydrogen-bond acceptors (Lipinski definition) is 12. The largest absolute Gasteiger partial charge is 0.456 e. The van der Waals surface area contributed by atoms with E-state index in [1.807, 2.05) is 0 Å². The molecule has 0 radical (unpaired) electrons. The Hall–Kier alpha value is -3.46. The molecule has 0 aliphatic rings. The Kier molecular flexibility index (Phi) is 13.9. The van der Waals surface area contributed by atoms with E-state index in [2.05, 4.69) is 30.6 Å². The number of aromatic nitrogens is 6. The van der Waals surface area contributed by atoms with Gasteiger partial charge < -0.3 is 23.1 Å². The quantitative estimate of drug-likeness (QED) is 0.120. The summed E-state index contributed by atoms with van der Waals surface area (Å²) < 4.78 is 20.4. The van der Waals surface area contributed by atoms with Gasteiger partial charge in [-0.05, 0) is 54.6 Å². The van der Waals surface area contributed by atoms with E-state index in [4.69, 9.17) is 104 Å². The first kappa shape index (κ1) is 37.4. The number of aliphatic hydroxyl groups excluding tert-OH is 1. The van der Waals surface area contributed by atoms with Crippen LogP contribution >= 0.6 is 81.2 Å². The number of benzene rings is 3. The van der Waals surface area contributed by atoms with Crippen molar-refractivity contribution >= 4 is 87.2 Å². The standard InChI is InChI=1S/C11H8Cl2N2O3.C9H5Cl3N2O.C9H6Cl2N2O2/c1-6(16)17-5-10-14-15-11(18-10)7-2-3-8(12)9(13)4-7;10-4-8-13-14-9(15-8)5-1-2-6(11)7(12)3-5;10-6-2-1-5(3-7(6)11)9-13-12-8(4-14)15-9/h2-4H,5H2,1H3;1-3H,4H2;1-3,14H,4H2. The number of nitrogens with zero attached hydrogens (tertiary/aromatic N) is 6. The minimum Gasteiger partial charge on any atom is -0.456 e. The van der Waals surface area contributed by atoms with Crippen LogP contribution in [0.5, 0.6) is 0 Å². The van der Waals surface area contributed by atoms with Crippen LogP contribution in [0.15, 0.2) is 67.8 Å². The third-order valence-electron chi connectivity index (χ3n) is 5.55. The fourth-order valence-corrected chi connectivity index (χ4v) is 4.34. The zero-order chi connectivity index (χ0) is 34.8. The van der Waals surface area contributed by atoms with E-state index in [9.17, 15) is 4.79 Å². The highest BCUT2D eigenvalue weighted by Gasteiger charge is 2.12. The fraction of sp³-hybridized carbons (Fsp3) is 0.138. The summed E-state index contributed by atoms with van der Waals surface area (Å²) in [7, 11) is 0. The molecule has 1 N–H and O–H groups in total. The molecule has 0 bridgehead atoms. The third kappa shape index (κ3) is 10.5. The van der Waals surface area contributed by atoms with Crippen LogP contribution in [0.25, 0.3) is 34.4 Å². The minimum absolute atomic E-state index is 0.0519. The number of halogens is 7. The summed E-state index contributed by atoms with van der Waals surface area (Å²) in [6.45, 7) is 0.966. The molecule has 0 amide bonds. The molecule has 19 heteroatoms. The van der Waals surface area contributed by atoms with Crippen LogP contribution in [0.3, 0.4) is 0 Å². The Bertz CT molecular complexity index is 1910. The van der Waals surface area contributed by atoms with Gasteiger partial charge in [0.1, 0.15) is 12.5 Å².